The minimum absolute atomic E-state index is 0.213. The first-order valence-corrected chi connectivity index (χ1v) is 5.36. The fourth-order valence-corrected chi connectivity index (χ4v) is 1.29. The third-order valence-electron chi connectivity index (χ3n) is 2.58. The van der Waals surface area contributed by atoms with Crippen molar-refractivity contribution in [3.63, 3.8) is 0 Å². The van der Waals surface area contributed by atoms with E-state index >= 15 is 0 Å². The SMILES string of the molecule is C=CCC(C)(/C=C/CCCC)C(C)=O. The molecule has 0 N–H and O–H groups in total. The molecular formula is C13H22O. The standard InChI is InChI=1S/C13H22O/c1-5-7-8-9-11-13(4,10-6-2)12(3)14/h6,9,11H,2,5,7-8,10H2,1,3-4H3/b11-9+. The molecule has 0 aromatic carbocycles. The summed E-state index contributed by atoms with van der Waals surface area (Å²) < 4.78 is 0. The highest BCUT2D eigenvalue weighted by atomic mass is 16.1. The molecule has 0 spiro atoms. The molecule has 0 bridgehead atoms. The predicted molar refractivity (Wildman–Crippen MR) is 62.3 cm³/mol. The van der Waals surface area contributed by atoms with Gasteiger partial charge in [0.2, 0.25) is 0 Å². The average molecular weight is 194 g/mol. The Morgan fingerprint density at radius 3 is 2.57 bits per heavy atom. The van der Waals surface area contributed by atoms with Gasteiger partial charge < -0.3 is 0 Å². The molecule has 0 aliphatic carbocycles. The van der Waals surface area contributed by atoms with Crippen LogP contribution in [0.5, 0.6) is 0 Å². The molecule has 1 atom stereocenters. The topological polar surface area (TPSA) is 17.1 Å². The first kappa shape index (κ1) is 13.2. The van der Waals surface area contributed by atoms with Gasteiger partial charge in [0.05, 0.1) is 0 Å². The molecule has 0 aliphatic heterocycles. The summed E-state index contributed by atoms with van der Waals surface area (Å²) in [5, 5.41) is 0. The number of unbranched alkanes of at least 4 members (excludes halogenated alkanes) is 2. The van der Waals surface area contributed by atoms with Crippen molar-refractivity contribution in [1.82, 2.24) is 0 Å². The largest absolute Gasteiger partial charge is 0.299 e. The summed E-state index contributed by atoms with van der Waals surface area (Å²) in [4.78, 5) is 11.4. The summed E-state index contributed by atoms with van der Waals surface area (Å²) in [6.07, 6.45) is 10.1. The van der Waals surface area contributed by atoms with Crippen LogP contribution in [0.25, 0.3) is 0 Å². The van der Waals surface area contributed by atoms with Crippen molar-refractivity contribution in [2.45, 2.75) is 46.5 Å². The van der Waals surface area contributed by atoms with Gasteiger partial charge in [-0.1, -0.05) is 38.0 Å². The van der Waals surface area contributed by atoms with Crippen LogP contribution >= 0.6 is 0 Å². The monoisotopic (exact) mass is 194 g/mol. The molecule has 0 aliphatic rings. The number of hydrogen-bond acceptors (Lipinski definition) is 1. The third kappa shape index (κ3) is 4.40. The Morgan fingerprint density at radius 2 is 2.14 bits per heavy atom. The Labute approximate surface area is 87.9 Å². The predicted octanol–water partition coefficient (Wildman–Crippen LogP) is 3.90. The number of allylic oxidation sites excluding steroid dienone is 3. The highest BCUT2D eigenvalue weighted by Crippen LogP contribution is 2.25. The van der Waals surface area contributed by atoms with Crippen molar-refractivity contribution in [2.24, 2.45) is 5.41 Å². The zero-order chi connectivity index (χ0) is 11.0. The molecule has 1 nitrogen and oxygen atoms in total. The van der Waals surface area contributed by atoms with E-state index in [0.717, 1.165) is 12.8 Å². The van der Waals surface area contributed by atoms with Crippen molar-refractivity contribution < 1.29 is 4.79 Å². The number of carbonyl (C=O) groups excluding carboxylic acids is 1. The van der Waals surface area contributed by atoms with E-state index in [1.807, 2.05) is 19.1 Å². The first-order chi connectivity index (χ1) is 6.56. The molecular weight excluding hydrogens is 172 g/mol. The third-order valence-corrected chi connectivity index (χ3v) is 2.58. The molecule has 0 aromatic rings. The van der Waals surface area contributed by atoms with Gasteiger partial charge in [-0.3, -0.25) is 4.79 Å². The molecule has 0 fully saturated rings. The van der Waals surface area contributed by atoms with Crippen molar-refractivity contribution in [3.05, 3.63) is 24.8 Å². The van der Waals surface area contributed by atoms with Crippen molar-refractivity contribution in [2.75, 3.05) is 0 Å². The number of rotatable bonds is 7. The van der Waals surface area contributed by atoms with Gasteiger partial charge in [0, 0.05) is 5.41 Å². The van der Waals surface area contributed by atoms with E-state index in [0.29, 0.717) is 0 Å². The molecule has 0 heterocycles. The lowest BCUT2D eigenvalue weighted by molar-refractivity contribution is -0.123. The van der Waals surface area contributed by atoms with Gasteiger partial charge in [-0.25, -0.2) is 0 Å². The molecule has 0 radical (unpaired) electrons. The van der Waals surface area contributed by atoms with Crippen LogP contribution in [0.15, 0.2) is 24.8 Å². The van der Waals surface area contributed by atoms with Crippen molar-refractivity contribution in [1.29, 1.82) is 0 Å². The molecule has 0 rings (SSSR count). The fraction of sp³-hybridized carbons (Fsp3) is 0.615. The summed E-state index contributed by atoms with van der Waals surface area (Å²) in [6, 6.07) is 0. The Hall–Kier alpha value is -0.850. The fourth-order valence-electron chi connectivity index (χ4n) is 1.29. The van der Waals surface area contributed by atoms with E-state index in [4.69, 9.17) is 0 Å². The maximum Gasteiger partial charge on any atom is 0.139 e. The van der Waals surface area contributed by atoms with E-state index in [-0.39, 0.29) is 11.2 Å². The Kier molecular flexibility index (Phi) is 6.18. The van der Waals surface area contributed by atoms with E-state index < -0.39 is 0 Å². The van der Waals surface area contributed by atoms with Gasteiger partial charge in [-0.05, 0) is 26.7 Å². The quantitative estimate of drug-likeness (QED) is 0.443. The summed E-state index contributed by atoms with van der Waals surface area (Å²) in [5.74, 6) is 0.213. The minimum atomic E-state index is -0.338. The summed E-state index contributed by atoms with van der Waals surface area (Å²) >= 11 is 0. The summed E-state index contributed by atoms with van der Waals surface area (Å²) in [7, 11) is 0. The molecule has 0 aromatic heterocycles. The van der Waals surface area contributed by atoms with E-state index in [1.165, 1.54) is 12.8 Å². The Bertz CT molecular complexity index is 215. The molecule has 0 saturated heterocycles. The molecule has 0 saturated carbocycles. The lowest BCUT2D eigenvalue weighted by Gasteiger charge is -2.20. The Morgan fingerprint density at radius 1 is 1.50 bits per heavy atom. The van der Waals surface area contributed by atoms with Crippen molar-refractivity contribution in [3.8, 4) is 0 Å². The first-order valence-electron chi connectivity index (χ1n) is 5.36. The summed E-state index contributed by atoms with van der Waals surface area (Å²) in [6.45, 7) is 9.47. The summed E-state index contributed by atoms with van der Waals surface area (Å²) in [5.41, 5.74) is -0.338. The van der Waals surface area contributed by atoms with Gasteiger partial charge in [-0.2, -0.15) is 0 Å². The molecule has 1 heteroatoms. The molecule has 80 valence electrons. The molecule has 1 unspecified atom stereocenters. The van der Waals surface area contributed by atoms with Gasteiger partial charge in [-0.15, -0.1) is 6.58 Å². The zero-order valence-corrected chi connectivity index (χ0v) is 9.68. The van der Waals surface area contributed by atoms with Crippen LogP contribution in [-0.4, -0.2) is 5.78 Å². The lowest BCUT2D eigenvalue weighted by Crippen LogP contribution is -2.21. The highest BCUT2D eigenvalue weighted by Gasteiger charge is 2.24. The number of Topliss-reactive ketones (excluding diaryl/α,β-unsaturated/α-hetero) is 1. The number of hydrogen-bond donors (Lipinski definition) is 0. The second-order valence-electron chi connectivity index (χ2n) is 4.01. The van der Waals surface area contributed by atoms with E-state index in [9.17, 15) is 4.79 Å². The smallest absolute Gasteiger partial charge is 0.139 e. The minimum Gasteiger partial charge on any atom is -0.299 e. The van der Waals surface area contributed by atoms with Crippen LogP contribution in [-0.2, 0) is 4.79 Å². The van der Waals surface area contributed by atoms with Gasteiger partial charge in [0.15, 0.2) is 0 Å². The maximum absolute atomic E-state index is 11.4. The second-order valence-corrected chi connectivity index (χ2v) is 4.01. The average Bonchev–Trinajstić information content (AvgIpc) is 2.13. The number of carbonyl (C=O) groups is 1. The van der Waals surface area contributed by atoms with Crippen LogP contribution in [0.4, 0.5) is 0 Å². The van der Waals surface area contributed by atoms with Crippen LogP contribution < -0.4 is 0 Å². The molecule has 14 heavy (non-hydrogen) atoms. The zero-order valence-electron chi connectivity index (χ0n) is 9.68. The number of ketones is 1. The van der Waals surface area contributed by atoms with Crippen LogP contribution in [0.3, 0.4) is 0 Å². The van der Waals surface area contributed by atoms with Gasteiger partial charge in [0.25, 0.3) is 0 Å². The van der Waals surface area contributed by atoms with E-state index in [1.54, 1.807) is 6.92 Å². The highest BCUT2D eigenvalue weighted by molar-refractivity contribution is 5.84. The molecule has 0 amide bonds. The second kappa shape index (κ2) is 6.58. The van der Waals surface area contributed by atoms with Crippen LogP contribution in [0, 0.1) is 5.41 Å². The normalized spacial score (nSPS) is 15.4. The van der Waals surface area contributed by atoms with Gasteiger partial charge in [0.1, 0.15) is 5.78 Å². The lowest BCUT2D eigenvalue weighted by atomic mass is 9.82. The van der Waals surface area contributed by atoms with Gasteiger partial charge >= 0.3 is 0 Å². The van der Waals surface area contributed by atoms with Crippen LogP contribution in [0.2, 0.25) is 0 Å². The maximum atomic E-state index is 11.4. The van der Waals surface area contributed by atoms with Crippen molar-refractivity contribution >= 4 is 5.78 Å². The van der Waals surface area contributed by atoms with Crippen LogP contribution in [0.1, 0.15) is 46.5 Å². The van der Waals surface area contributed by atoms with E-state index in [2.05, 4.69) is 19.6 Å². The Balaban J connectivity index is 4.28.